The van der Waals surface area contributed by atoms with E-state index in [1.165, 1.54) is 0 Å². The van der Waals surface area contributed by atoms with Crippen molar-refractivity contribution >= 4 is 11.6 Å². The minimum Gasteiger partial charge on any atom is -0.330 e. The average Bonchev–Trinajstić information content (AvgIpc) is 2.39. The summed E-state index contributed by atoms with van der Waals surface area (Å²) in [5, 5.41) is 2.20. The van der Waals surface area contributed by atoms with Crippen LogP contribution in [0.2, 0.25) is 0 Å². The Labute approximate surface area is 122 Å². The molecule has 0 spiro atoms. The summed E-state index contributed by atoms with van der Waals surface area (Å²) in [5.74, 6) is -3.32. The summed E-state index contributed by atoms with van der Waals surface area (Å²) in [6.45, 7) is 4.62. The van der Waals surface area contributed by atoms with Crippen LogP contribution in [0.1, 0.15) is 33.1 Å². The Morgan fingerprint density at radius 2 is 1.90 bits per heavy atom. The van der Waals surface area contributed by atoms with Crippen molar-refractivity contribution in [3.63, 3.8) is 0 Å². The molecular weight excluding hydrogens is 281 g/mol. The van der Waals surface area contributed by atoms with Crippen LogP contribution >= 0.6 is 0 Å². The quantitative estimate of drug-likeness (QED) is 0.758. The lowest BCUT2D eigenvalue weighted by Crippen LogP contribution is -2.19. The molecule has 0 fully saturated rings. The van der Waals surface area contributed by atoms with E-state index >= 15 is 0 Å². The summed E-state index contributed by atoms with van der Waals surface area (Å²) in [6, 6.07) is 1.19. The maximum Gasteiger partial charge on any atom is 0.224 e. The van der Waals surface area contributed by atoms with Crippen LogP contribution in [0.3, 0.4) is 0 Å². The fourth-order valence-corrected chi connectivity index (χ4v) is 2.20. The molecule has 3 nitrogen and oxygen atoms in total. The Morgan fingerprint density at radius 3 is 2.48 bits per heavy atom. The first-order chi connectivity index (χ1) is 9.85. The molecule has 1 amide bonds. The summed E-state index contributed by atoms with van der Waals surface area (Å²) in [6.07, 6.45) is 1.55. The molecule has 1 rings (SSSR count). The van der Waals surface area contributed by atoms with Gasteiger partial charge in [-0.05, 0) is 31.2 Å². The smallest absolute Gasteiger partial charge is 0.224 e. The van der Waals surface area contributed by atoms with E-state index in [4.69, 9.17) is 5.73 Å². The number of carbonyl (C=O) groups excluding carboxylic acids is 1. The van der Waals surface area contributed by atoms with Gasteiger partial charge in [-0.1, -0.05) is 13.8 Å². The molecule has 0 aliphatic carbocycles. The minimum atomic E-state index is -1.33. The predicted molar refractivity (Wildman–Crippen MR) is 76.2 cm³/mol. The monoisotopic (exact) mass is 302 g/mol. The number of hydrogen-bond donors (Lipinski definition) is 2. The van der Waals surface area contributed by atoms with E-state index in [0.717, 1.165) is 12.5 Å². The van der Waals surface area contributed by atoms with Crippen molar-refractivity contribution in [2.75, 3.05) is 11.9 Å². The van der Waals surface area contributed by atoms with Gasteiger partial charge in [0.05, 0.1) is 5.69 Å². The van der Waals surface area contributed by atoms with Crippen molar-refractivity contribution < 1.29 is 18.0 Å². The van der Waals surface area contributed by atoms with Gasteiger partial charge in [-0.25, -0.2) is 13.2 Å². The Kier molecular flexibility index (Phi) is 6.68. The minimum absolute atomic E-state index is 0.153. The molecule has 0 aromatic heterocycles. The summed E-state index contributed by atoms with van der Waals surface area (Å²) in [5.41, 5.74) is 5.04. The van der Waals surface area contributed by atoms with Crippen molar-refractivity contribution in [2.45, 2.75) is 33.1 Å². The van der Waals surface area contributed by atoms with Gasteiger partial charge < -0.3 is 11.1 Å². The maximum atomic E-state index is 13.4. The zero-order chi connectivity index (χ0) is 16.0. The van der Waals surface area contributed by atoms with E-state index in [1.54, 1.807) is 0 Å². The summed E-state index contributed by atoms with van der Waals surface area (Å²) >= 11 is 0. The molecule has 6 heteroatoms. The van der Waals surface area contributed by atoms with Crippen molar-refractivity contribution in [1.29, 1.82) is 0 Å². The number of carbonyl (C=O) groups is 1. The van der Waals surface area contributed by atoms with Gasteiger partial charge >= 0.3 is 0 Å². The summed E-state index contributed by atoms with van der Waals surface area (Å²) < 4.78 is 39.5. The van der Waals surface area contributed by atoms with Crippen LogP contribution in [0.25, 0.3) is 0 Å². The Morgan fingerprint density at radius 1 is 1.24 bits per heavy atom. The number of halogens is 3. The first kappa shape index (κ1) is 17.5. The van der Waals surface area contributed by atoms with E-state index in [1.807, 2.05) is 13.8 Å². The normalized spacial score (nSPS) is 12.5. The number of nitrogens with one attached hydrogen (secondary N) is 1. The van der Waals surface area contributed by atoms with Gasteiger partial charge in [0.1, 0.15) is 5.82 Å². The molecule has 0 saturated carbocycles. The Hall–Kier alpha value is -1.56. The third-order valence-electron chi connectivity index (χ3n) is 3.49. The van der Waals surface area contributed by atoms with Gasteiger partial charge in [0.2, 0.25) is 5.91 Å². The predicted octanol–water partition coefficient (Wildman–Crippen LogP) is 3.44. The van der Waals surface area contributed by atoms with Crippen LogP contribution in [-0.2, 0) is 4.79 Å². The lowest BCUT2D eigenvalue weighted by Gasteiger charge is -2.19. The number of benzene rings is 1. The third kappa shape index (κ3) is 5.38. The van der Waals surface area contributed by atoms with Crippen molar-refractivity contribution in [2.24, 2.45) is 17.6 Å². The highest BCUT2D eigenvalue weighted by Crippen LogP contribution is 2.22. The van der Waals surface area contributed by atoms with Gasteiger partial charge in [0.15, 0.2) is 11.6 Å². The fourth-order valence-electron chi connectivity index (χ4n) is 2.20. The van der Waals surface area contributed by atoms with Gasteiger partial charge in [-0.15, -0.1) is 0 Å². The Bertz CT molecular complexity index is 492. The van der Waals surface area contributed by atoms with Crippen molar-refractivity contribution in [1.82, 2.24) is 0 Å². The Balaban J connectivity index is 2.62. The molecule has 0 aliphatic rings. The number of hydrogen-bond acceptors (Lipinski definition) is 2. The summed E-state index contributed by atoms with van der Waals surface area (Å²) in [7, 11) is 0. The lowest BCUT2D eigenvalue weighted by atomic mass is 9.88. The largest absolute Gasteiger partial charge is 0.330 e. The highest BCUT2D eigenvalue weighted by Gasteiger charge is 2.17. The zero-order valence-electron chi connectivity index (χ0n) is 12.3. The molecule has 21 heavy (non-hydrogen) atoms. The van der Waals surface area contributed by atoms with Crippen LogP contribution in [0.15, 0.2) is 12.1 Å². The standard InChI is InChI=1S/C15H21F3N2O/c1-9(2)10(5-6-19)3-4-14(21)20-13-8-11(16)7-12(17)15(13)18/h7-10H,3-6,19H2,1-2H3,(H,20,21). The van der Waals surface area contributed by atoms with Crippen LogP contribution in [0.5, 0.6) is 0 Å². The highest BCUT2D eigenvalue weighted by molar-refractivity contribution is 5.90. The highest BCUT2D eigenvalue weighted by atomic mass is 19.2. The van der Waals surface area contributed by atoms with Gasteiger partial charge in [-0.2, -0.15) is 0 Å². The first-order valence-electron chi connectivity index (χ1n) is 6.99. The molecule has 1 aromatic rings. The van der Waals surface area contributed by atoms with Gasteiger partial charge in [0, 0.05) is 18.6 Å². The van der Waals surface area contributed by atoms with E-state index in [-0.39, 0.29) is 12.3 Å². The van der Waals surface area contributed by atoms with Crippen LogP contribution in [0, 0.1) is 29.3 Å². The summed E-state index contributed by atoms with van der Waals surface area (Å²) in [4.78, 5) is 11.8. The van der Waals surface area contributed by atoms with Crippen LogP contribution < -0.4 is 11.1 Å². The third-order valence-corrected chi connectivity index (χ3v) is 3.49. The molecule has 0 bridgehead atoms. The lowest BCUT2D eigenvalue weighted by molar-refractivity contribution is -0.116. The van der Waals surface area contributed by atoms with Crippen molar-refractivity contribution in [3.8, 4) is 0 Å². The molecule has 1 unspecified atom stereocenters. The van der Waals surface area contributed by atoms with E-state index in [0.29, 0.717) is 24.9 Å². The van der Waals surface area contributed by atoms with Crippen LogP contribution in [-0.4, -0.2) is 12.5 Å². The molecule has 1 atom stereocenters. The van der Waals surface area contributed by atoms with Crippen LogP contribution in [0.4, 0.5) is 18.9 Å². The second-order valence-electron chi connectivity index (χ2n) is 5.42. The molecule has 3 N–H and O–H groups in total. The van der Waals surface area contributed by atoms with E-state index < -0.39 is 29.0 Å². The zero-order valence-corrected chi connectivity index (χ0v) is 12.3. The second-order valence-corrected chi connectivity index (χ2v) is 5.42. The van der Waals surface area contributed by atoms with Gasteiger partial charge in [0.25, 0.3) is 0 Å². The molecular formula is C15H21F3N2O. The fraction of sp³-hybridized carbons (Fsp3) is 0.533. The average molecular weight is 302 g/mol. The number of amides is 1. The van der Waals surface area contributed by atoms with Crippen molar-refractivity contribution in [3.05, 3.63) is 29.6 Å². The molecule has 0 radical (unpaired) electrons. The van der Waals surface area contributed by atoms with E-state index in [2.05, 4.69) is 5.32 Å². The number of anilines is 1. The number of nitrogens with two attached hydrogens (primary N) is 1. The molecule has 0 saturated heterocycles. The maximum absolute atomic E-state index is 13.4. The molecule has 0 aliphatic heterocycles. The van der Waals surface area contributed by atoms with E-state index in [9.17, 15) is 18.0 Å². The molecule has 0 heterocycles. The SMILES string of the molecule is CC(C)C(CCN)CCC(=O)Nc1cc(F)cc(F)c1F. The number of rotatable bonds is 7. The van der Waals surface area contributed by atoms with Gasteiger partial charge in [-0.3, -0.25) is 4.79 Å². The molecule has 118 valence electrons. The molecule has 1 aromatic carbocycles. The first-order valence-corrected chi connectivity index (χ1v) is 6.99. The second kappa shape index (κ2) is 8.02. The topological polar surface area (TPSA) is 55.1 Å².